The molecule has 0 N–H and O–H groups in total. The van der Waals surface area contributed by atoms with Gasteiger partial charge in [0.15, 0.2) is 6.10 Å². The van der Waals surface area contributed by atoms with Gasteiger partial charge in [-0.2, -0.15) is 0 Å². The van der Waals surface area contributed by atoms with Crippen LogP contribution in [0.15, 0.2) is 97.2 Å². The Kier molecular flexibility index (Phi) is 53.9. The van der Waals surface area contributed by atoms with Crippen molar-refractivity contribution in [2.45, 2.75) is 271 Å². The first kappa shape index (κ1) is 65.3. The van der Waals surface area contributed by atoms with E-state index >= 15 is 0 Å². The van der Waals surface area contributed by atoms with Gasteiger partial charge in [0.05, 0.1) is 0 Å². The van der Waals surface area contributed by atoms with Crippen LogP contribution in [-0.4, -0.2) is 37.2 Å². The van der Waals surface area contributed by atoms with Crippen LogP contribution >= 0.6 is 0 Å². The highest BCUT2D eigenvalue weighted by atomic mass is 16.6. The maximum atomic E-state index is 12.7. The SMILES string of the molecule is CC/C=C\C/C=C\C/C=C\C/C=C\CCCCCCCCCCCCCCCCCCCCC(=O)OCC(COC(=O)CCCCCCCCC)OC(=O)CC/C=C\C/C=C\C/C=C\C/C=C\CC. The number of allylic oxidation sites excluding steroid dienone is 16. The van der Waals surface area contributed by atoms with Crippen LogP contribution in [0.4, 0.5) is 0 Å². The molecule has 0 fully saturated rings. The quantitative estimate of drug-likeness (QED) is 0.0262. The summed E-state index contributed by atoms with van der Waals surface area (Å²) in [5, 5.41) is 0. The number of carbonyl (C=O) groups is 3. The van der Waals surface area contributed by atoms with Crippen molar-refractivity contribution in [3.63, 3.8) is 0 Å². The average Bonchev–Trinajstić information content (AvgIpc) is 3.35. The summed E-state index contributed by atoms with van der Waals surface area (Å²) in [6, 6.07) is 0. The number of hydrogen-bond donors (Lipinski definition) is 0. The van der Waals surface area contributed by atoms with Crippen LogP contribution in [0.3, 0.4) is 0 Å². The third-order valence-electron chi connectivity index (χ3n) is 12.1. The molecule has 6 heteroatoms. The molecule has 0 amide bonds. The first-order valence-electron chi connectivity index (χ1n) is 28.7. The Hall–Kier alpha value is -3.67. The smallest absolute Gasteiger partial charge is 0.306 e. The predicted molar refractivity (Wildman–Crippen MR) is 297 cm³/mol. The lowest BCUT2D eigenvalue weighted by molar-refractivity contribution is -0.166. The number of esters is 3. The van der Waals surface area contributed by atoms with E-state index in [1.54, 1.807) is 0 Å². The molecule has 1 atom stereocenters. The molecule has 0 aliphatic rings. The Morgan fingerprint density at radius 2 is 0.594 bits per heavy atom. The minimum atomic E-state index is -0.810. The Balaban J connectivity index is 4.05. The molecule has 69 heavy (non-hydrogen) atoms. The van der Waals surface area contributed by atoms with Crippen molar-refractivity contribution in [1.29, 1.82) is 0 Å². The normalized spacial score (nSPS) is 12.8. The Labute approximate surface area is 426 Å². The molecular weight excluding hydrogens is 853 g/mol. The molecule has 1 unspecified atom stereocenters. The highest BCUT2D eigenvalue weighted by molar-refractivity contribution is 5.71. The second-order valence-electron chi connectivity index (χ2n) is 18.8. The third kappa shape index (κ3) is 55.1. The van der Waals surface area contributed by atoms with E-state index in [9.17, 15) is 14.4 Å². The van der Waals surface area contributed by atoms with Gasteiger partial charge in [0.1, 0.15) is 13.2 Å². The van der Waals surface area contributed by atoms with Gasteiger partial charge in [-0.25, -0.2) is 0 Å². The summed E-state index contributed by atoms with van der Waals surface area (Å²) in [5.74, 6) is -0.990. The van der Waals surface area contributed by atoms with Gasteiger partial charge in [0, 0.05) is 19.3 Å². The number of carbonyl (C=O) groups excluding carboxylic acids is 3. The fraction of sp³-hybridized carbons (Fsp3) is 0.698. The van der Waals surface area contributed by atoms with Crippen molar-refractivity contribution in [2.75, 3.05) is 13.2 Å². The highest BCUT2D eigenvalue weighted by Gasteiger charge is 2.19. The molecule has 6 nitrogen and oxygen atoms in total. The number of ether oxygens (including phenoxy) is 3. The van der Waals surface area contributed by atoms with Gasteiger partial charge in [-0.3, -0.25) is 14.4 Å². The molecule has 0 aromatic rings. The third-order valence-corrected chi connectivity index (χ3v) is 12.1. The lowest BCUT2D eigenvalue weighted by Crippen LogP contribution is -2.30. The largest absolute Gasteiger partial charge is 0.462 e. The van der Waals surface area contributed by atoms with E-state index in [-0.39, 0.29) is 31.6 Å². The zero-order valence-corrected chi connectivity index (χ0v) is 45.0. The molecule has 0 spiro atoms. The van der Waals surface area contributed by atoms with Gasteiger partial charge in [-0.1, -0.05) is 259 Å². The van der Waals surface area contributed by atoms with Crippen molar-refractivity contribution in [3.8, 4) is 0 Å². The van der Waals surface area contributed by atoms with Crippen LogP contribution in [0.2, 0.25) is 0 Å². The second kappa shape index (κ2) is 56.9. The van der Waals surface area contributed by atoms with E-state index in [4.69, 9.17) is 14.2 Å². The number of rotatable bonds is 51. The molecule has 394 valence electrons. The Morgan fingerprint density at radius 1 is 0.304 bits per heavy atom. The Bertz CT molecular complexity index is 1380. The van der Waals surface area contributed by atoms with Crippen LogP contribution in [0.5, 0.6) is 0 Å². The lowest BCUT2D eigenvalue weighted by Gasteiger charge is -2.18. The fourth-order valence-corrected chi connectivity index (χ4v) is 7.86. The van der Waals surface area contributed by atoms with Crippen LogP contribution in [0, 0.1) is 0 Å². The zero-order chi connectivity index (χ0) is 50.0. The highest BCUT2D eigenvalue weighted by Crippen LogP contribution is 2.16. The first-order chi connectivity index (χ1) is 34.0. The van der Waals surface area contributed by atoms with Crippen molar-refractivity contribution in [3.05, 3.63) is 97.2 Å². The molecule has 0 aromatic heterocycles. The van der Waals surface area contributed by atoms with E-state index in [1.165, 1.54) is 128 Å². The van der Waals surface area contributed by atoms with E-state index < -0.39 is 12.1 Å². The Morgan fingerprint density at radius 3 is 0.942 bits per heavy atom. The molecule has 0 heterocycles. The van der Waals surface area contributed by atoms with Gasteiger partial charge < -0.3 is 14.2 Å². The van der Waals surface area contributed by atoms with Crippen LogP contribution in [0.25, 0.3) is 0 Å². The molecule has 0 radical (unpaired) electrons. The molecule has 0 aromatic carbocycles. The molecule has 0 saturated heterocycles. The predicted octanol–water partition coefficient (Wildman–Crippen LogP) is 19.3. The first-order valence-corrected chi connectivity index (χ1v) is 28.7. The van der Waals surface area contributed by atoms with Crippen molar-refractivity contribution in [1.82, 2.24) is 0 Å². The van der Waals surface area contributed by atoms with Gasteiger partial charge in [0.2, 0.25) is 0 Å². The van der Waals surface area contributed by atoms with Gasteiger partial charge >= 0.3 is 17.9 Å². The number of hydrogen-bond acceptors (Lipinski definition) is 6. The molecule has 0 bridgehead atoms. The van der Waals surface area contributed by atoms with Crippen molar-refractivity contribution >= 4 is 17.9 Å². The molecular formula is C63H106O6. The van der Waals surface area contributed by atoms with Crippen LogP contribution in [0.1, 0.15) is 265 Å². The maximum Gasteiger partial charge on any atom is 0.306 e. The summed E-state index contributed by atoms with van der Waals surface area (Å²) in [5.41, 5.74) is 0. The molecule has 0 saturated carbocycles. The standard InChI is InChI=1S/C63H106O6/c1-4-7-10-13-16-18-20-22-23-24-25-26-27-28-29-30-31-32-33-34-35-36-37-38-39-41-42-44-47-50-53-56-62(65)68-59-60(58-67-61(64)55-52-49-46-15-12-9-6-3)69-63(66)57-54-51-48-45-43-40-21-19-17-14-11-8-5-2/h7-8,10-11,16-19,22-23,25-26,40,43,48,51,60H,4-6,9,12-15,20-21,24,27-39,41-42,44-47,49-50,52-59H2,1-3H3/b10-7-,11-8-,18-16-,19-17-,23-22-,26-25-,43-40-,51-48-. The minimum Gasteiger partial charge on any atom is -0.462 e. The summed E-state index contributed by atoms with van der Waals surface area (Å²) in [6.45, 7) is 6.31. The monoisotopic (exact) mass is 959 g/mol. The van der Waals surface area contributed by atoms with Crippen molar-refractivity contribution in [2.24, 2.45) is 0 Å². The summed E-state index contributed by atoms with van der Waals surface area (Å²) in [4.78, 5) is 37.8. The summed E-state index contributed by atoms with van der Waals surface area (Å²) in [6.07, 6.45) is 76.0. The van der Waals surface area contributed by atoms with E-state index in [2.05, 4.69) is 106 Å². The van der Waals surface area contributed by atoms with Gasteiger partial charge in [-0.15, -0.1) is 0 Å². The van der Waals surface area contributed by atoms with E-state index in [0.717, 1.165) is 89.9 Å². The topological polar surface area (TPSA) is 78.9 Å². The molecule has 0 aliphatic heterocycles. The maximum absolute atomic E-state index is 12.7. The molecule has 0 aliphatic carbocycles. The molecule has 0 rings (SSSR count). The van der Waals surface area contributed by atoms with E-state index in [0.29, 0.717) is 19.3 Å². The van der Waals surface area contributed by atoms with Gasteiger partial charge in [-0.05, 0) is 83.5 Å². The number of unbranched alkanes of at least 4 members (excludes halogenated alkanes) is 24. The summed E-state index contributed by atoms with van der Waals surface area (Å²) in [7, 11) is 0. The zero-order valence-electron chi connectivity index (χ0n) is 45.0. The lowest BCUT2D eigenvalue weighted by atomic mass is 10.0. The van der Waals surface area contributed by atoms with Crippen molar-refractivity contribution < 1.29 is 28.6 Å². The summed E-state index contributed by atoms with van der Waals surface area (Å²) < 4.78 is 16.7. The van der Waals surface area contributed by atoms with E-state index in [1.807, 2.05) is 12.2 Å². The minimum absolute atomic E-state index is 0.103. The summed E-state index contributed by atoms with van der Waals surface area (Å²) >= 11 is 0. The van der Waals surface area contributed by atoms with Crippen LogP contribution in [-0.2, 0) is 28.6 Å². The van der Waals surface area contributed by atoms with Gasteiger partial charge in [0.25, 0.3) is 0 Å². The second-order valence-corrected chi connectivity index (χ2v) is 18.8. The van der Waals surface area contributed by atoms with Crippen LogP contribution < -0.4 is 0 Å². The average molecular weight is 960 g/mol. The fourth-order valence-electron chi connectivity index (χ4n) is 7.86.